The van der Waals surface area contributed by atoms with E-state index in [1.54, 1.807) is 6.20 Å². The van der Waals surface area contributed by atoms with Crippen molar-refractivity contribution in [2.75, 3.05) is 5.32 Å². The smallest absolute Gasteiger partial charge is 0.249 e. The van der Waals surface area contributed by atoms with E-state index in [4.69, 9.17) is 5.26 Å². The largest absolute Gasteiger partial charge is 0.359 e. The molecule has 1 saturated heterocycles. The molecule has 0 spiro atoms. The van der Waals surface area contributed by atoms with E-state index in [1.807, 2.05) is 6.92 Å². The Kier molecular flexibility index (Phi) is 2.83. The molecular formula is C11H12N4O2. The highest BCUT2D eigenvalue weighted by Crippen LogP contribution is 2.19. The fourth-order valence-electron chi connectivity index (χ4n) is 1.79. The van der Waals surface area contributed by atoms with Crippen molar-refractivity contribution >= 4 is 17.6 Å². The number of imide groups is 1. The SMILES string of the molecule is Cc1c[nH]c(NC2CCC(=O)NC2=O)c1C#N. The van der Waals surface area contributed by atoms with Gasteiger partial charge in [0.15, 0.2) is 0 Å². The van der Waals surface area contributed by atoms with Crippen molar-refractivity contribution in [3.8, 4) is 6.07 Å². The summed E-state index contributed by atoms with van der Waals surface area (Å²) < 4.78 is 0. The van der Waals surface area contributed by atoms with E-state index in [0.29, 0.717) is 24.2 Å². The Morgan fingerprint density at radius 1 is 1.53 bits per heavy atom. The zero-order valence-electron chi connectivity index (χ0n) is 9.33. The zero-order chi connectivity index (χ0) is 12.4. The number of hydrogen-bond acceptors (Lipinski definition) is 4. The number of aryl methyl sites for hydroxylation is 1. The summed E-state index contributed by atoms with van der Waals surface area (Å²) >= 11 is 0. The molecule has 1 fully saturated rings. The van der Waals surface area contributed by atoms with Crippen molar-refractivity contribution in [3.63, 3.8) is 0 Å². The Bertz CT molecular complexity index is 512. The second-order valence-corrected chi connectivity index (χ2v) is 3.98. The second kappa shape index (κ2) is 4.29. The molecule has 0 aliphatic carbocycles. The van der Waals surface area contributed by atoms with E-state index >= 15 is 0 Å². The molecule has 1 aromatic rings. The van der Waals surface area contributed by atoms with Crippen molar-refractivity contribution < 1.29 is 9.59 Å². The van der Waals surface area contributed by atoms with E-state index in [1.165, 1.54) is 0 Å². The van der Waals surface area contributed by atoms with Gasteiger partial charge in [-0.1, -0.05) is 0 Å². The summed E-state index contributed by atoms with van der Waals surface area (Å²) in [7, 11) is 0. The number of nitrogens with zero attached hydrogens (tertiary/aromatic N) is 1. The summed E-state index contributed by atoms with van der Waals surface area (Å²) in [5.74, 6) is -0.0758. The lowest BCUT2D eigenvalue weighted by Crippen LogP contribution is -2.47. The van der Waals surface area contributed by atoms with Crippen LogP contribution in [0.4, 0.5) is 5.82 Å². The molecule has 0 saturated carbocycles. The van der Waals surface area contributed by atoms with Gasteiger partial charge in [0.25, 0.3) is 0 Å². The van der Waals surface area contributed by atoms with Gasteiger partial charge >= 0.3 is 0 Å². The number of rotatable bonds is 2. The molecule has 2 rings (SSSR count). The van der Waals surface area contributed by atoms with E-state index in [9.17, 15) is 9.59 Å². The summed E-state index contributed by atoms with van der Waals surface area (Å²) in [4.78, 5) is 25.4. The molecule has 0 bridgehead atoms. The van der Waals surface area contributed by atoms with Crippen LogP contribution in [0.3, 0.4) is 0 Å². The van der Waals surface area contributed by atoms with Crippen LogP contribution in [-0.4, -0.2) is 22.8 Å². The summed E-state index contributed by atoms with van der Waals surface area (Å²) in [5.41, 5.74) is 1.32. The Labute approximate surface area is 98.0 Å². The van der Waals surface area contributed by atoms with Crippen LogP contribution in [0.25, 0.3) is 0 Å². The molecule has 6 nitrogen and oxygen atoms in total. The molecule has 88 valence electrons. The highest BCUT2D eigenvalue weighted by atomic mass is 16.2. The van der Waals surface area contributed by atoms with Crippen LogP contribution in [0.1, 0.15) is 24.0 Å². The van der Waals surface area contributed by atoms with Crippen molar-refractivity contribution in [1.29, 1.82) is 5.26 Å². The van der Waals surface area contributed by atoms with E-state index < -0.39 is 6.04 Å². The van der Waals surface area contributed by atoms with Crippen molar-refractivity contribution in [2.24, 2.45) is 0 Å². The molecule has 2 amide bonds. The number of carbonyl (C=O) groups is 2. The normalized spacial score (nSPS) is 19.6. The zero-order valence-corrected chi connectivity index (χ0v) is 9.33. The van der Waals surface area contributed by atoms with Gasteiger partial charge in [-0.25, -0.2) is 0 Å². The van der Waals surface area contributed by atoms with Crippen molar-refractivity contribution in [1.82, 2.24) is 10.3 Å². The highest BCUT2D eigenvalue weighted by Gasteiger charge is 2.27. The molecule has 1 aliphatic heterocycles. The van der Waals surface area contributed by atoms with Gasteiger partial charge in [-0.3, -0.25) is 14.9 Å². The third kappa shape index (κ3) is 2.13. The quantitative estimate of drug-likeness (QED) is 0.643. The number of carbonyl (C=O) groups excluding carboxylic acids is 2. The number of aromatic amines is 1. The Hall–Kier alpha value is -2.29. The number of amides is 2. The molecule has 0 radical (unpaired) electrons. The van der Waals surface area contributed by atoms with Crippen LogP contribution < -0.4 is 10.6 Å². The lowest BCUT2D eigenvalue weighted by molar-refractivity contribution is -0.133. The molecule has 1 aliphatic rings. The van der Waals surface area contributed by atoms with E-state index in [-0.39, 0.29) is 11.8 Å². The maximum absolute atomic E-state index is 11.5. The first kappa shape index (κ1) is 11.2. The molecule has 17 heavy (non-hydrogen) atoms. The Balaban J connectivity index is 2.14. The van der Waals surface area contributed by atoms with E-state index in [0.717, 1.165) is 5.56 Å². The average Bonchev–Trinajstić information content (AvgIpc) is 2.63. The Morgan fingerprint density at radius 2 is 2.29 bits per heavy atom. The van der Waals surface area contributed by atoms with E-state index in [2.05, 4.69) is 21.7 Å². The number of nitrogens with one attached hydrogen (secondary N) is 3. The van der Waals surface area contributed by atoms with Gasteiger partial charge in [0.1, 0.15) is 17.9 Å². The maximum atomic E-state index is 11.5. The monoisotopic (exact) mass is 232 g/mol. The van der Waals surface area contributed by atoms with Gasteiger partial charge in [0.05, 0.1) is 5.56 Å². The van der Waals surface area contributed by atoms with Gasteiger partial charge in [-0.05, 0) is 18.9 Å². The highest BCUT2D eigenvalue weighted by molar-refractivity contribution is 6.01. The first-order valence-corrected chi connectivity index (χ1v) is 5.30. The molecule has 1 atom stereocenters. The average molecular weight is 232 g/mol. The number of nitriles is 1. The van der Waals surface area contributed by atoms with Gasteiger partial charge in [0, 0.05) is 12.6 Å². The molecule has 3 N–H and O–H groups in total. The molecular weight excluding hydrogens is 220 g/mol. The van der Waals surface area contributed by atoms with Gasteiger partial charge in [-0.2, -0.15) is 5.26 Å². The van der Waals surface area contributed by atoms with Crippen LogP contribution in [0, 0.1) is 18.3 Å². The first-order chi connectivity index (χ1) is 8.11. The standard InChI is InChI=1S/C11H12N4O2/c1-6-5-13-10(7(6)4-12)14-8-2-3-9(16)15-11(8)17/h5,8,13-14H,2-3H2,1H3,(H,15,16,17). The van der Waals surface area contributed by atoms with Crippen LogP contribution >= 0.6 is 0 Å². The van der Waals surface area contributed by atoms with Crippen molar-refractivity contribution in [2.45, 2.75) is 25.8 Å². The van der Waals surface area contributed by atoms with Crippen LogP contribution in [0.2, 0.25) is 0 Å². The summed E-state index contributed by atoms with van der Waals surface area (Å²) in [6.45, 7) is 1.81. The fraction of sp³-hybridized carbons (Fsp3) is 0.364. The minimum absolute atomic E-state index is 0.253. The minimum Gasteiger partial charge on any atom is -0.359 e. The fourth-order valence-corrected chi connectivity index (χ4v) is 1.79. The molecule has 0 aromatic carbocycles. The number of aromatic nitrogens is 1. The second-order valence-electron chi connectivity index (χ2n) is 3.98. The predicted octanol–water partition coefficient (Wildman–Crippen LogP) is 0.412. The topological polar surface area (TPSA) is 97.8 Å². The molecule has 6 heteroatoms. The Morgan fingerprint density at radius 3 is 2.94 bits per heavy atom. The predicted molar refractivity (Wildman–Crippen MR) is 60.0 cm³/mol. The molecule has 1 unspecified atom stereocenters. The number of hydrogen-bond donors (Lipinski definition) is 3. The van der Waals surface area contributed by atoms with Crippen LogP contribution in [0.5, 0.6) is 0 Å². The number of H-pyrrole nitrogens is 1. The third-order valence-electron chi connectivity index (χ3n) is 2.75. The van der Waals surface area contributed by atoms with Gasteiger partial charge in [0.2, 0.25) is 11.8 Å². The third-order valence-corrected chi connectivity index (χ3v) is 2.75. The van der Waals surface area contributed by atoms with Crippen LogP contribution in [0.15, 0.2) is 6.20 Å². The van der Waals surface area contributed by atoms with Crippen molar-refractivity contribution in [3.05, 3.63) is 17.3 Å². The maximum Gasteiger partial charge on any atom is 0.249 e. The summed E-state index contributed by atoms with van der Waals surface area (Å²) in [5, 5.41) is 14.2. The summed E-state index contributed by atoms with van der Waals surface area (Å²) in [6.07, 6.45) is 2.45. The minimum atomic E-state index is -0.474. The lowest BCUT2D eigenvalue weighted by Gasteiger charge is -2.22. The first-order valence-electron chi connectivity index (χ1n) is 5.30. The summed E-state index contributed by atoms with van der Waals surface area (Å²) in [6, 6.07) is 1.59. The lowest BCUT2D eigenvalue weighted by atomic mass is 10.1. The van der Waals surface area contributed by atoms with Gasteiger partial charge < -0.3 is 10.3 Å². The van der Waals surface area contributed by atoms with Crippen LogP contribution in [-0.2, 0) is 9.59 Å². The van der Waals surface area contributed by atoms with Gasteiger partial charge in [-0.15, -0.1) is 0 Å². The number of anilines is 1. The molecule has 1 aromatic heterocycles. The number of piperidine rings is 1. The molecule has 2 heterocycles.